The summed E-state index contributed by atoms with van der Waals surface area (Å²) in [5.74, 6) is 0. The van der Waals surface area contributed by atoms with Gasteiger partial charge in [0.05, 0.1) is 6.04 Å². The van der Waals surface area contributed by atoms with Crippen LogP contribution in [0.15, 0.2) is 12.1 Å². The van der Waals surface area contributed by atoms with Gasteiger partial charge in [0, 0.05) is 15.3 Å². The zero-order valence-electron chi connectivity index (χ0n) is 12.8. The van der Waals surface area contributed by atoms with Crippen LogP contribution < -0.4 is 5.32 Å². The molecule has 2 atom stereocenters. The van der Waals surface area contributed by atoms with Gasteiger partial charge < -0.3 is 5.32 Å². The van der Waals surface area contributed by atoms with Crippen LogP contribution in [0.3, 0.4) is 0 Å². The molecule has 1 N–H and O–H groups in total. The smallest absolute Gasteiger partial charge is 0.0596 e. The number of thiophene rings is 1. The maximum atomic E-state index is 3.59. The molecule has 0 aliphatic carbocycles. The van der Waals surface area contributed by atoms with Crippen LogP contribution in [0.4, 0.5) is 0 Å². The molecular formula is C16H28N2S. The van der Waals surface area contributed by atoms with E-state index >= 15 is 0 Å². The lowest BCUT2D eigenvalue weighted by atomic mass is 9.84. The van der Waals surface area contributed by atoms with Crippen molar-refractivity contribution < 1.29 is 0 Å². The number of hydrogen-bond donors (Lipinski definition) is 1. The number of likely N-dealkylation sites (N-methyl/N-ethyl adjacent to an activating group) is 1. The Morgan fingerprint density at radius 2 is 2.00 bits per heavy atom. The lowest BCUT2D eigenvalue weighted by Crippen LogP contribution is -2.55. The van der Waals surface area contributed by atoms with Gasteiger partial charge in [0.15, 0.2) is 0 Å². The number of nitrogens with one attached hydrogen (secondary N) is 1. The van der Waals surface area contributed by atoms with Crippen molar-refractivity contribution in [1.29, 1.82) is 0 Å². The average Bonchev–Trinajstić information content (AvgIpc) is 2.86. The second-order valence-corrected chi connectivity index (χ2v) is 7.25. The highest BCUT2D eigenvalue weighted by Crippen LogP contribution is 2.38. The van der Waals surface area contributed by atoms with Crippen LogP contribution in [0.5, 0.6) is 0 Å². The minimum Gasteiger partial charge on any atom is -0.311 e. The fourth-order valence-electron chi connectivity index (χ4n) is 3.38. The van der Waals surface area contributed by atoms with Crippen molar-refractivity contribution in [2.24, 2.45) is 0 Å². The molecule has 1 aromatic heterocycles. The SMILES string of the molecule is CCC(C)(C(NC)c1ccc(C)s1)N1CCCCC1. The molecule has 0 aromatic carbocycles. The third-order valence-electron chi connectivity index (χ3n) is 4.75. The number of aryl methyl sites for hydroxylation is 1. The average molecular weight is 280 g/mol. The van der Waals surface area contributed by atoms with Crippen molar-refractivity contribution >= 4 is 11.3 Å². The molecular weight excluding hydrogens is 252 g/mol. The molecule has 0 spiro atoms. The number of likely N-dealkylation sites (tertiary alicyclic amines) is 1. The van der Waals surface area contributed by atoms with Crippen LogP contribution >= 0.6 is 11.3 Å². The molecule has 1 aliphatic rings. The number of hydrogen-bond acceptors (Lipinski definition) is 3. The van der Waals surface area contributed by atoms with Gasteiger partial charge in [-0.15, -0.1) is 11.3 Å². The first kappa shape index (κ1) is 15.0. The van der Waals surface area contributed by atoms with E-state index in [0.717, 1.165) is 0 Å². The maximum absolute atomic E-state index is 3.59. The first-order chi connectivity index (χ1) is 9.11. The summed E-state index contributed by atoms with van der Waals surface area (Å²) < 4.78 is 0. The quantitative estimate of drug-likeness (QED) is 0.878. The largest absolute Gasteiger partial charge is 0.311 e. The van der Waals surface area contributed by atoms with Crippen LogP contribution in [0.25, 0.3) is 0 Å². The van der Waals surface area contributed by atoms with Gasteiger partial charge in [-0.3, -0.25) is 4.90 Å². The van der Waals surface area contributed by atoms with Crippen LogP contribution in [-0.2, 0) is 0 Å². The second-order valence-electron chi connectivity index (χ2n) is 5.93. The van der Waals surface area contributed by atoms with Crippen LogP contribution in [0.2, 0.25) is 0 Å². The summed E-state index contributed by atoms with van der Waals surface area (Å²) in [7, 11) is 2.11. The molecule has 1 aliphatic heterocycles. The Bertz CT molecular complexity index is 395. The molecule has 2 rings (SSSR count). The van der Waals surface area contributed by atoms with E-state index in [0.29, 0.717) is 6.04 Å². The maximum Gasteiger partial charge on any atom is 0.0596 e. The molecule has 0 radical (unpaired) electrons. The highest BCUT2D eigenvalue weighted by Gasteiger charge is 2.39. The predicted molar refractivity (Wildman–Crippen MR) is 85.0 cm³/mol. The Morgan fingerprint density at radius 3 is 2.47 bits per heavy atom. The van der Waals surface area contributed by atoms with Crippen molar-refractivity contribution in [2.45, 2.75) is 58.0 Å². The van der Waals surface area contributed by atoms with Crippen LogP contribution in [0, 0.1) is 6.92 Å². The number of rotatable bonds is 5. The molecule has 1 aromatic rings. The van der Waals surface area contributed by atoms with E-state index in [1.54, 1.807) is 0 Å². The summed E-state index contributed by atoms with van der Waals surface area (Å²) in [5.41, 5.74) is 0.229. The van der Waals surface area contributed by atoms with E-state index in [4.69, 9.17) is 0 Å². The molecule has 0 amide bonds. The van der Waals surface area contributed by atoms with E-state index in [9.17, 15) is 0 Å². The molecule has 0 saturated carbocycles. The summed E-state index contributed by atoms with van der Waals surface area (Å²) in [6.45, 7) is 9.48. The summed E-state index contributed by atoms with van der Waals surface area (Å²) in [6.07, 6.45) is 5.30. The fourth-order valence-corrected chi connectivity index (χ4v) is 4.52. The molecule has 2 nitrogen and oxygen atoms in total. The van der Waals surface area contributed by atoms with Crippen molar-refractivity contribution in [3.8, 4) is 0 Å². The van der Waals surface area contributed by atoms with E-state index in [1.807, 2.05) is 11.3 Å². The molecule has 2 unspecified atom stereocenters. The lowest BCUT2D eigenvalue weighted by Gasteiger charge is -2.47. The fraction of sp³-hybridized carbons (Fsp3) is 0.750. The van der Waals surface area contributed by atoms with Crippen molar-refractivity contribution in [1.82, 2.24) is 10.2 Å². The van der Waals surface area contributed by atoms with Crippen LogP contribution in [-0.4, -0.2) is 30.6 Å². The van der Waals surface area contributed by atoms with E-state index in [1.165, 1.54) is 48.5 Å². The first-order valence-electron chi connectivity index (χ1n) is 7.60. The molecule has 3 heteroatoms. The Labute approximate surface area is 122 Å². The summed E-state index contributed by atoms with van der Waals surface area (Å²) in [4.78, 5) is 5.61. The normalized spacial score (nSPS) is 22.1. The molecule has 1 saturated heterocycles. The highest BCUT2D eigenvalue weighted by molar-refractivity contribution is 7.12. The van der Waals surface area contributed by atoms with Gasteiger partial charge in [-0.05, 0) is 65.4 Å². The minimum absolute atomic E-state index is 0.229. The third kappa shape index (κ3) is 3.04. The molecule has 1 fully saturated rings. The van der Waals surface area contributed by atoms with Gasteiger partial charge in [0.1, 0.15) is 0 Å². The third-order valence-corrected chi connectivity index (χ3v) is 5.82. The van der Waals surface area contributed by atoms with E-state index in [-0.39, 0.29) is 5.54 Å². The Balaban J connectivity index is 2.25. The zero-order chi connectivity index (χ0) is 13.9. The molecule has 19 heavy (non-hydrogen) atoms. The van der Waals surface area contributed by atoms with Gasteiger partial charge in [-0.2, -0.15) is 0 Å². The number of piperidine rings is 1. The summed E-state index contributed by atoms with van der Waals surface area (Å²) in [6, 6.07) is 4.99. The van der Waals surface area contributed by atoms with Gasteiger partial charge >= 0.3 is 0 Å². The van der Waals surface area contributed by atoms with E-state index in [2.05, 4.69) is 50.2 Å². The van der Waals surface area contributed by atoms with Gasteiger partial charge in [-0.25, -0.2) is 0 Å². The van der Waals surface area contributed by atoms with Crippen molar-refractivity contribution in [3.05, 3.63) is 21.9 Å². The minimum atomic E-state index is 0.229. The predicted octanol–water partition coefficient (Wildman–Crippen LogP) is 3.97. The standard InChI is InChI=1S/C16H28N2S/c1-5-16(3,18-11-7-6-8-12-18)15(17-4)14-10-9-13(2)19-14/h9-10,15,17H,5-8,11-12H2,1-4H3. The molecule has 2 heterocycles. The molecule has 108 valence electrons. The van der Waals surface area contributed by atoms with Crippen molar-refractivity contribution in [3.63, 3.8) is 0 Å². The van der Waals surface area contributed by atoms with Gasteiger partial charge in [0.2, 0.25) is 0 Å². The monoisotopic (exact) mass is 280 g/mol. The molecule has 0 bridgehead atoms. The van der Waals surface area contributed by atoms with E-state index < -0.39 is 0 Å². The van der Waals surface area contributed by atoms with Gasteiger partial charge in [-0.1, -0.05) is 13.3 Å². The zero-order valence-corrected chi connectivity index (χ0v) is 13.6. The number of nitrogens with zero attached hydrogens (tertiary/aromatic N) is 1. The summed E-state index contributed by atoms with van der Waals surface area (Å²) in [5, 5.41) is 3.59. The van der Waals surface area contributed by atoms with Crippen LogP contribution in [0.1, 0.15) is 55.3 Å². The Kier molecular flexibility index (Phi) is 5.04. The first-order valence-corrected chi connectivity index (χ1v) is 8.42. The Morgan fingerprint density at radius 1 is 1.32 bits per heavy atom. The van der Waals surface area contributed by atoms with Gasteiger partial charge in [0.25, 0.3) is 0 Å². The highest BCUT2D eigenvalue weighted by atomic mass is 32.1. The topological polar surface area (TPSA) is 15.3 Å². The summed E-state index contributed by atoms with van der Waals surface area (Å²) >= 11 is 1.94. The lowest BCUT2D eigenvalue weighted by molar-refractivity contribution is 0.0458. The van der Waals surface area contributed by atoms with Crippen molar-refractivity contribution in [2.75, 3.05) is 20.1 Å². The second kappa shape index (κ2) is 6.38. The Hall–Kier alpha value is -0.380.